The molecule has 0 spiro atoms. The maximum atomic E-state index is 12.8. The summed E-state index contributed by atoms with van der Waals surface area (Å²) in [7, 11) is -5.11. The van der Waals surface area contributed by atoms with Crippen molar-refractivity contribution in [3.8, 4) is 0 Å². The van der Waals surface area contributed by atoms with Gasteiger partial charge in [0.1, 0.15) is 116 Å². The maximum Gasteiger partial charge on any atom is 0.397 e. The zero-order chi connectivity index (χ0) is 48.4. The molecule has 5 rings (SSSR count). The Morgan fingerprint density at radius 2 is 0.954 bits per heavy atom. The summed E-state index contributed by atoms with van der Waals surface area (Å²) in [5.74, 6) is -1.63. The molecule has 30 nitrogen and oxygen atoms in total. The van der Waals surface area contributed by atoms with Gasteiger partial charge in [-0.25, -0.2) is 4.18 Å². The predicted octanol–water partition coefficient (Wildman–Crippen LogP) is -10.8. The normalized spacial score (nSPS) is 47.5. The number of carbonyl (C=O) groups is 2. The fourth-order valence-electron chi connectivity index (χ4n) is 7.81. The molecule has 0 saturated carbocycles. The fourth-order valence-corrected chi connectivity index (χ4v) is 8.11. The van der Waals surface area contributed by atoms with Gasteiger partial charge in [0.25, 0.3) is 0 Å². The SMILES string of the molecule is CC(=O)N[C@@H]1[C@@H](O[C@@H]2O[C@H](COS(=O)(=O)O)[C@H](O)[C@H](O)[C@H]2O)[C@@H](O)[C@@H](CO[C@@H]2O[C@H](CO)[C@@H](O[C@@H]3O[C@H](CO)[C@H](O)[C@H](O)[C@H]3O)[C@H](O[C@@H]3O[C@@H](C)[C@@H](O)[C@@H](O)[C@@H]3O)[C@H]2NC(C)=O)O[C@@H]1O. The molecule has 5 aliphatic heterocycles. The van der Waals surface area contributed by atoms with E-state index >= 15 is 0 Å². The quantitative estimate of drug-likeness (QED) is 0.0639. The number of aliphatic hydroxyl groups is 13. The van der Waals surface area contributed by atoms with Crippen molar-refractivity contribution in [2.24, 2.45) is 0 Å². The minimum absolute atomic E-state index is 0.813. The molecule has 25 atom stereocenters. The first-order chi connectivity index (χ1) is 30.4. The molecule has 5 aliphatic rings. The third-order valence-corrected chi connectivity index (χ3v) is 11.7. The number of nitrogens with one attached hydrogen (secondary N) is 2. The summed E-state index contributed by atoms with van der Waals surface area (Å²) in [6.45, 7) is -0.528. The summed E-state index contributed by atoms with van der Waals surface area (Å²) in [4.78, 5) is 24.9. The molecule has 0 aromatic rings. The van der Waals surface area contributed by atoms with E-state index in [0.29, 0.717) is 0 Å². The van der Waals surface area contributed by atoms with Gasteiger partial charge in [-0.2, -0.15) is 8.42 Å². The van der Waals surface area contributed by atoms with Gasteiger partial charge in [0.05, 0.1) is 32.5 Å². The lowest BCUT2D eigenvalue weighted by Gasteiger charge is -2.50. The Kier molecular flexibility index (Phi) is 18.7. The van der Waals surface area contributed by atoms with Crippen LogP contribution in [0.25, 0.3) is 0 Å². The van der Waals surface area contributed by atoms with Crippen LogP contribution in [-0.2, 0) is 66.8 Å². The second-order valence-corrected chi connectivity index (χ2v) is 17.1. The molecule has 0 bridgehead atoms. The molecule has 378 valence electrons. The molecule has 0 aromatic carbocycles. The second-order valence-electron chi connectivity index (χ2n) is 16.0. The van der Waals surface area contributed by atoms with Crippen molar-refractivity contribution in [2.45, 2.75) is 174 Å². The highest BCUT2D eigenvalue weighted by Crippen LogP contribution is 2.35. The molecule has 0 unspecified atom stereocenters. The van der Waals surface area contributed by atoms with Crippen molar-refractivity contribution in [2.75, 3.05) is 26.4 Å². The van der Waals surface area contributed by atoms with Gasteiger partial charge in [0.2, 0.25) is 11.8 Å². The van der Waals surface area contributed by atoms with E-state index in [1.807, 2.05) is 0 Å². The van der Waals surface area contributed by atoms with E-state index in [9.17, 15) is 84.4 Å². The summed E-state index contributed by atoms with van der Waals surface area (Å²) in [6.07, 6.45) is -42.8. The molecule has 0 aliphatic carbocycles. The Bertz CT molecular complexity index is 1670. The van der Waals surface area contributed by atoms with E-state index in [-0.39, 0.29) is 0 Å². The lowest BCUT2D eigenvalue weighted by molar-refractivity contribution is -0.376. The Hall–Kier alpha value is -2.07. The van der Waals surface area contributed by atoms with Gasteiger partial charge in [-0.3, -0.25) is 14.1 Å². The van der Waals surface area contributed by atoms with Gasteiger partial charge in [-0.15, -0.1) is 0 Å². The van der Waals surface area contributed by atoms with Gasteiger partial charge in [0.15, 0.2) is 31.5 Å². The molecule has 16 N–H and O–H groups in total. The van der Waals surface area contributed by atoms with Crippen LogP contribution < -0.4 is 10.6 Å². The van der Waals surface area contributed by atoms with Gasteiger partial charge < -0.3 is 120 Å². The number of carbonyl (C=O) groups excluding carboxylic acids is 2. The van der Waals surface area contributed by atoms with E-state index in [1.165, 1.54) is 6.92 Å². The minimum Gasteiger partial charge on any atom is -0.394 e. The first-order valence-corrected chi connectivity index (χ1v) is 21.5. The Labute approximate surface area is 368 Å². The molecule has 2 amide bonds. The number of rotatable bonds is 16. The number of amides is 2. The van der Waals surface area contributed by atoms with Crippen LogP contribution in [0.1, 0.15) is 20.8 Å². The van der Waals surface area contributed by atoms with E-state index in [4.69, 9.17) is 47.2 Å². The van der Waals surface area contributed by atoms with Crippen LogP contribution >= 0.6 is 0 Å². The highest BCUT2D eigenvalue weighted by atomic mass is 32.3. The summed E-state index contributed by atoms with van der Waals surface area (Å²) in [6, 6.07) is -3.37. The molecule has 31 heteroatoms. The van der Waals surface area contributed by atoms with Crippen LogP contribution in [0.5, 0.6) is 0 Å². The van der Waals surface area contributed by atoms with Gasteiger partial charge in [0, 0.05) is 13.8 Å². The monoisotopic (exact) mass is 974 g/mol. The van der Waals surface area contributed by atoms with Crippen molar-refractivity contribution in [3.63, 3.8) is 0 Å². The van der Waals surface area contributed by atoms with Crippen molar-refractivity contribution < 1.29 is 136 Å². The van der Waals surface area contributed by atoms with Crippen LogP contribution in [0.4, 0.5) is 0 Å². The van der Waals surface area contributed by atoms with Crippen LogP contribution in [0, 0.1) is 0 Å². The molecular formula is C34H58N2O28S. The summed E-state index contributed by atoms with van der Waals surface area (Å²) in [5.41, 5.74) is 0. The Balaban J connectivity index is 1.44. The van der Waals surface area contributed by atoms with Crippen molar-refractivity contribution in [1.82, 2.24) is 10.6 Å². The lowest BCUT2D eigenvalue weighted by Crippen LogP contribution is -2.70. The summed E-state index contributed by atoms with van der Waals surface area (Å²) in [5, 5.41) is 143. The molecule has 5 heterocycles. The molecule has 5 fully saturated rings. The highest BCUT2D eigenvalue weighted by Gasteiger charge is 2.56. The lowest BCUT2D eigenvalue weighted by atomic mass is 9.94. The van der Waals surface area contributed by atoms with E-state index in [2.05, 4.69) is 14.8 Å². The van der Waals surface area contributed by atoms with Crippen molar-refractivity contribution >= 4 is 22.2 Å². The molecule has 0 radical (unpaired) electrons. The van der Waals surface area contributed by atoms with Crippen LogP contribution in [0.3, 0.4) is 0 Å². The molecule has 0 aromatic heterocycles. The molecule has 5 saturated heterocycles. The number of hydrogen-bond donors (Lipinski definition) is 16. The topological polar surface area (TPSA) is 468 Å². The number of aliphatic hydroxyl groups excluding tert-OH is 13. The standard InChI is InChI=1S/C34H58N2O28S/c1-8-17(41)21(45)24(48)32(57-8)64-29-16(36-10(3)40)31(60-12(5-38)27(29)62-33-25(49)22(46)18(42)11(4-37)59-33)55-6-13-20(44)28(15(30(51)58-13)35-9(2)39)63-34-26(50)23(47)19(43)14(61-34)7-56-65(52,53)54/h8,11-34,37-38,41-51H,4-7H2,1-3H3,(H,35,39)(H,36,40)(H,52,53,54)/t8-,11+,12+,13+,14+,15+,16+,17+,18-,19-,20-,21+,22-,23-,24-,25+,26+,27+,28+,29+,30-,31+,32-,33-,34-/m0/s1. The van der Waals surface area contributed by atoms with Crippen LogP contribution in [-0.4, -0.2) is 271 Å². The Morgan fingerprint density at radius 1 is 0.508 bits per heavy atom. The number of ether oxygens (including phenoxy) is 9. The van der Waals surface area contributed by atoms with Crippen LogP contribution in [0.15, 0.2) is 0 Å². The predicted molar refractivity (Wildman–Crippen MR) is 199 cm³/mol. The average molecular weight is 975 g/mol. The summed E-state index contributed by atoms with van der Waals surface area (Å²) >= 11 is 0. The first-order valence-electron chi connectivity index (χ1n) is 20.1. The highest BCUT2D eigenvalue weighted by molar-refractivity contribution is 7.80. The van der Waals surface area contributed by atoms with E-state index in [1.54, 1.807) is 0 Å². The van der Waals surface area contributed by atoms with Crippen molar-refractivity contribution in [1.29, 1.82) is 0 Å². The summed E-state index contributed by atoms with van der Waals surface area (Å²) < 4.78 is 87.3. The molecular weight excluding hydrogens is 916 g/mol. The maximum absolute atomic E-state index is 12.8. The fraction of sp³-hybridized carbons (Fsp3) is 0.941. The van der Waals surface area contributed by atoms with Gasteiger partial charge in [-0.05, 0) is 6.92 Å². The van der Waals surface area contributed by atoms with Crippen molar-refractivity contribution in [3.05, 3.63) is 0 Å². The van der Waals surface area contributed by atoms with Crippen LogP contribution in [0.2, 0.25) is 0 Å². The Morgan fingerprint density at radius 3 is 1.49 bits per heavy atom. The smallest absolute Gasteiger partial charge is 0.394 e. The average Bonchev–Trinajstić information content (AvgIpc) is 3.24. The van der Waals surface area contributed by atoms with E-state index < -0.39 is 202 Å². The minimum atomic E-state index is -5.11. The third-order valence-electron chi connectivity index (χ3n) is 11.3. The van der Waals surface area contributed by atoms with Gasteiger partial charge >= 0.3 is 10.4 Å². The molecule has 65 heavy (non-hydrogen) atoms. The second kappa shape index (κ2) is 22.6. The first kappa shape index (κ1) is 53.9. The zero-order valence-corrected chi connectivity index (χ0v) is 35.5. The van der Waals surface area contributed by atoms with Gasteiger partial charge in [-0.1, -0.05) is 0 Å². The number of hydrogen-bond acceptors (Lipinski definition) is 27. The third kappa shape index (κ3) is 12.6. The van der Waals surface area contributed by atoms with E-state index in [0.717, 1.165) is 13.8 Å². The zero-order valence-electron chi connectivity index (χ0n) is 34.6. The largest absolute Gasteiger partial charge is 0.397 e.